The third-order valence-electron chi connectivity index (χ3n) is 5.56. The fourth-order valence-corrected chi connectivity index (χ4v) is 3.93. The summed E-state index contributed by atoms with van der Waals surface area (Å²) in [5.41, 5.74) is 0.581. The first-order chi connectivity index (χ1) is 13.7. The van der Waals surface area contributed by atoms with Gasteiger partial charge >= 0.3 is 0 Å². The summed E-state index contributed by atoms with van der Waals surface area (Å²) in [4.78, 5) is 21.5. The van der Waals surface area contributed by atoms with E-state index in [9.17, 15) is 4.79 Å². The quantitative estimate of drug-likeness (QED) is 0.721. The second-order valence-corrected chi connectivity index (χ2v) is 7.28. The number of methoxy groups -OCH3 is 2. The molecule has 4 rings (SSSR count). The maximum Gasteiger partial charge on any atom is 0.257 e. The number of carbonyl (C=O) groups excluding carboxylic acids is 1. The van der Waals surface area contributed by atoms with Gasteiger partial charge < -0.3 is 18.9 Å². The monoisotopic (exact) mass is 386 g/mol. The average molecular weight is 386 g/mol. The van der Waals surface area contributed by atoms with E-state index in [0.717, 1.165) is 25.9 Å². The molecule has 2 saturated heterocycles. The summed E-state index contributed by atoms with van der Waals surface area (Å²) < 4.78 is 16.1. The molecule has 1 aromatic heterocycles. The Bertz CT molecular complexity index is 818. The third-order valence-corrected chi connectivity index (χ3v) is 5.56. The summed E-state index contributed by atoms with van der Waals surface area (Å²) >= 11 is 0. The largest absolute Gasteiger partial charge is 0.496 e. The number of likely N-dealkylation sites (tertiary alicyclic amines) is 2. The van der Waals surface area contributed by atoms with Crippen molar-refractivity contribution < 1.29 is 18.8 Å². The predicted molar refractivity (Wildman–Crippen MR) is 101 cm³/mol. The lowest BCUT2D eigenvalue weighted by Gasteiger charge is -2.37. The van der Waals surface area contributed by atoms with E-state index in [2.05, 4.69) is 15.0 Å². The smallest absolute Gasteiger partial charge is 0.257 e. The second-order valence-electron chi connectivity index (χ2n) is 7.28. The van der Waals surface area contributed by atoms with Crippen LogP contribution in [0.2, 0.25) is 0 Å². The van der Waals surface area contributed by atoms with Crippen LogP contribution < -0.4 is 4.74 Å². The number of aromatic nitrogens is 2. The molecule has 2 aliphatic rings. The minimum Gasteiger partial charge on any atom is -0.496 e. The molecule has 3 heterocycles. The zero-order valence-electron chi connectivity index (χ0n) is 16.3. The van der Waals surface area contributed by atoms with E-state index in [1.54, 1.807) is 31.3 Å². The summed E-state index contributed by atoms with van der Waals surface area (Å²) in [6.07, 6.45) is 2.14. The van der Waals surface area contributed by atoms with E-state index < -0.39 is 0 Å². The number of amides is 1. The molecule has 0 N–H and O–H groups in total. The van der Waals surface area contributed by atoms with Crippen molar-refractivity contribution in [2.75, 3.05) is 47.0 Å². The lowest BCUT2D eigenvalue weighted by molar-refractivity contribution is 0.0589. The van der Waals surface area contributed by atoms with Crippen LogP contribution in [-0.2, 0) is 4.74 Å². The molecule has 2 fully saturated rings. The van der Waals surface area contributed by atoms with Crippen LogP contribution in [-0.4, -0.2) is 72.9 Å². The molecule has 0 saturated carbocycles. The Morgan fingerprint density at radius 1 is 1.29 bits per heavy atom. The highest BCUT2D eigenvalue weighted by Gasteiger charge is 2.37. The molecule has 2 aliphatic heterocycles. The van der Waals surface area contributed by atoms with Crippen molar-refractivity contribution in [2.45, 2.75) is 24.8 Å². The van der Waals surface area contributed by atoms with E-state index in [0.29, 0.717) is 42.7 Å². The van der Waals surface area contributed by atoms with Crippen molar-refractivity contribution in [1.29, 1.82) is 0 Å². The van der Waals surface area contributed by atoms with Crippen LogP contribution >= 0.6 is 0 Å². The van der Waals surface area contributed by atoms with Gasteiger partial charge in [-0.3, -0.25) is 9.69 Å². The Morgan fingerprint density at radius 2 is 2.11 bits per heavy atom. The number of benzene rings is 1. The van der Waals surface area contributed by atoms with Crippen LogP contribution in [0, 0.1) is 0 Å². The first kappa shape index (κ1) is 18.9. The molecule has 1 aromatic carbocycles. The molecule has 0 spiro atoms. The van der Waals surface area contributed by atoms with Gasteiger partial charge in [-0.2, -0.15) is 4.98 Å². The minimum absolute atomic E-state index is 0.0287. The maximum atomic E-state index is 12.7. The van der Waals surface area contributed by atoms with Gasteiger partial charge in [0.2, 0.25) is 5.89 Å². The zero-order valence-corrected chi connectivity index (χ0v) is 16.3. The van der Waals surface area contributed by atoms with Crippen molar-refractivity contribution >= 4 is 5.91 Å². The molecule has 8 heteroatoms. The number of nitrogens with zero attached hydrogens (tertiary/aromatic N) is 4. The SMILES string of the molecule is COCCN1CCCC1c1nc(C2CN(C(=O)c3ccccc3OC)C2)no1. The molecular weight excluding hydrogens is 360 g/mol. The summed E-state index contributed by atoms with van der Waals surface area (Å²) in [5.74, 6) is 2.05. The molecule has 0 aliphatic carbocycles. The molecule has 8 nitrogen and oxygen atoms in total. The summed E-state index contributed by atoms with van der Waals surface area (Å²) in [7, 11) is 3.29. The fraction of sp³-hybridized carbons (Fsp3) is 0.550. The van der Waals surface area contributed by atoms with Gasteiger partial charge in [0.15, 0.2) is 5.82 Å². The number of rotatable bonds is 7. The molecule has 28 heavy (non-hydrogen) atoms. The topological polar surface area (TPSA) is 80.9 Å². The van der Waals surface area contributed by atoms with E-state index in [4.69, 9.17) is 14.0 Å². The Hall–Kier alpha value is -2.45. The van der Waals surface area contributed by atoms with Crippen LogP contribution in [0.3, 0.4) is 0 Å². The van der Waals surface area contributed by atoms with E-state index in [-0.39, 0.29) is 17.9 Å². The summed E-state index contributed by atoms with van der Waals surface area (Å²) in [6, 6.07) is 7.45. The Morgan fingerprint density at radius 3 is 2.89 bits per heavy atom. The predicted octanol–water partition coefficient (Wildman–Crippen LogP) is 2.10. The number of ether oxygens (including phenoxy) is 2. The number of hydrogen-bond acceptors (Lipinski definition) is 7. The molecule has 1 atom stereocenters. The Labute approximate surface area is 164 Å². The molecule has 0 radical (unpaired) electrons. The van der Waals surface area contributed by atoms with Crippen molar-refractivity contribution in [2.24, 2.45) is 0 Å². The standard InChI is InChI=1S/C20H26N4O4/c1-26-11-10-23-9-5-7-16(23)19-21-18(22-28-19)14-12-24(13-14)20(25)15-6-3-4-8-17(15)27-2/h3-4,6,8,14,16H,5,7,9-13H2,1-2H3. The van der Waals surface area contributed by atoms with Gasteiger partial charge in [-0.05, 0) is 31.5 Å². The Balaban J connectivity index is 1.37. The van der Waals surface area contributed by atoms with Gasteiger partial charge in [0, 0.05) is 26.7 Å². The number of para-hydroxylation sites is 1. The maximum absolute atomic E-state index is 12.7. The van der Waals surface area contributed by atoms with Crippen molar-refractivity contribution in [1.82, 2.24) is 19.9 Å². The van der Waals surface area contributed by atoms with Gasteiger partial charge in [0.25, 0.3) is 5.91 Å². The minimum atomic E-state index is -0.0287. The van der Waals surface area contributed by atoms with Crippen molar-refractivity contribution in [3.05, 3.63) is 41.5 Å². The normalized spacial score (nSPS) is 20.4. The molecule has 2 aromatic rings. The molecule has 150 valence electrons. The van der Waals surface area contributed by atoms with Crippen LogP contribution in [0.25, 0.3) is 0 Å². The van der Waals surface area contributed by atoms with Gasteiger partial charge in [0.05, 0.1) is 31.2 Å². The fourth-order valence-electron chi connectivity index (χ4n) is 3.93. The van der Waals surface area contributed by atoms with Crippen LogP contribution in [0.15, 0.2) is 28.8 Å². The molecule has 1 unspecified atom stereocenters. The van der Waals surface area contributed by atoms with Crippen molar-refractivity contribution in [3.63, 3.8) is 0 Å². The summed E-state index contributed by atoms with van der Waals surface area (Å²) in [6.45, 7) is 3.77. The molecule has 1 amide bonds. The molecular formula is C20H26N4O4. The van der Waals surface area contributed by atoms with Gasteiger partial charge in [-0.1, -0.05) is 17.3 Å². The van der Waals surface area contributed by atoms with Gasteiger partial charge in [-0.25, -0.2) is 0 Å². The highest BCUT2D eigenvalue weighted by molar-refractivity contribution is 5.97. The van der Waals surface area contributed by atoms with Crippen LogP contribution in [0.4, 0.5) is 0 Å². The first-order valence-corrected chi connectivity index (χ1v) is 9.70. The molecule has 0 bridgehead atoms. The number of hydrogen-bond donors (Lipinski definition) is 0. The Kier molecular flexibility index (Phi) is 5.59. The van der Waals surface area contributed by atoms with Crippen LogP contribution in [0.5, 0.6) is 5.75 Å². The van der Waals surface area contributed by atoms with Gasteiger partial charge in [0.1, 0.15) is 5.75 Å². The van der Waals surface area contributed by atoms with E-state index in [1.807, 2.05) is 12.1 Å². The van der Waals surface area contributed by atoms with E-state index in [1.165, 1.54) is 0 Å². The first-order valence-electron chi connectivity index (χ1n) is 9.70. The second kappa shape index (κ2) is 8.28. The summed E-state index contributed by atoms with van der Waals surface area (Å²) in [5, 5.41) is 4.19. The lowest BCUT2D eigenvalue weighted by atomic mass is 9.98. The average Bonchev–Trinajstić information content (AvgIpc) is 3.34. The zero-order chi connectivity index (χ0) is 19.5. The van der Waals surface area contributed by atoms with Gasteiger partial charge in [-0.15, -0.1) is 0 Å². The highest BCUT2D eigenvalue weighted by atomic mass is 16.5. The van der Waals surface area contributed by atoms with E-state index >= 15 is 0 Å². The number of carbonyl (C=O) groups is 1. The van der Waals surface area contributed by atoms with Crippen LogP contribution in [0.1, 0.15) is 46.9 Å². The van der Waals surface area contributed by atoms with Crippen molar-refractivity contribution in [3.8, 4) is 5.75 Å². The third kappa shape index (κ3) is 3.62. The highest BCUT2D eigenvalue weighted by Crippen LogP contribution is 2.33. The lowest BCUT2D eigenvalue weighted by Crippen LogP contribution is -2.48.